The molecule has 1 aromatic rings. The molecule has 2 aliphatic rings. The third-order valence-electron chi connectivity index (χ3n) is 7.30. The summed E-state index contributed by atoms with van der Waals surface area (Å²) in [6, 6.07) is 4.47. The molecule has 7 nitrogen and oxygen atoms in total. The smallest absolute Gasteiger partial charge is 0.310 e. The number of nitrogens with one attached hydrogen (secondary N) is 1. The predicted molar refractivity (Wildman–Crippen MR) is 131 cm³/mol. The van der Waals surface area contributed by atoms with E-state index in [2.05, 4.69) is 5.32 Å². The molecule has 0 radical (unpaired) electrons. The normalized spacial score (nSPS) is 26.8. The van der Waals surface area contributed by atoms with E-state index in [1.54, 1.807) is 6.92 Å². The van der Waals surface area contributed by atoms with Gasteiger partial charge >= 0.3 is 5.97 Å². The van der Waals surface area contributed by atoms with Crippen molar-refractivity contribution in [2.45, 2.75) is 66.0 Å². The molecular weight excluding hydrogens is 432 g/mol. The first kappa shape index (κ1) is 25.9. The predicted octanol–water partition coefficient (Wildman–Crippen LogP) is 3.62. The van der Waals surface area contributed by atoms with Crippen LogP contribution in [-0.4, -0.2) is 53.1 Å². The number of carbonyl (C=O) groups is 3. The van der Waals surface area contributed by atoms with Gasteiger partial charge in [0.15, 0.2) is 0 Å². The lowest BCUT2D eigenvalue weighted by Crippen LogP contribution is -2.50. The number of carbonyl (C=O) groups excluding carboxylic acids is 3. The number of aliphatic hydroxyl groups is 1. The van der Waals surface area contributed by atoms with Gasteiger partial charge in [0.1, 0.15) is 6.04 Å². The van der Waals surface area contributed by atoms with Crippen molar-refractivity contribution in [3.05, 3.63) is 41.5 Å². The van der Waals surface area contributed by atoms with Crippen molar-refractivity contribution < 1.29 is 24.2 Å². The molecule has 1 aliphatic heterocycles. The van der Waals surface area contributed by atoms with Crippen molar-refractivity contribution in [1.82, 2.24) is 4.90 Å². The van der Waals surface area contributed by atoms with Crippen molar-refractivity contribution in [2.24, 2.45) is 23.7 Å². The molecule has 0 aromatic heterocycles. The summed E-state index contributed by atoms with van der Waals surface area (Å²) in [5.74, 6) is -2.86. The minimum absolute atomic E-state index is 0.120. The molecule has 1 aromatic carbocycles. The zero-order valence-electron chi connectivity index (χ0n) is 20.9. The number of hydrogen-bond donors (Lipinski definition) is 2. The Bertz CT molecular complexity index is 919. The van der Waals surface area contributed by atoms with Crippen molar-refractivity contribution in [3.63, 3.8) is 0 Å². The molecule has 1 saturated heterocycles. The van der Waals surface area contributed by atoms with Gasteiger partial charge in [0.2, 0.25) is 11.8 Å². The highest BCUT2D eigenvalue weighted by Crippen LogP contribution is 2.46. The Labute approximate surface area is 202 Å². The number of ether oxygens (including phenoxy) is 1. The van der Waals surface area contributed by atoms with Crippen LogP contribution in [0, 0.1) is 37.5 Å². The SMILES string of the molecule is CCC[C@@H]1C=C[C@H]2[C@H](C(=O)N([C@@H](CC)CO)[C@@H]2C(=O)Nc2c(C)cccc2C)[C@@H]1C(=O)OCC. The number of aryl methyl sites for hydroxylation is 2. The second kappa shape index (κ2) is 11.2. The number of hydrogen-bond acceptors (Lipinski definition) is 5. The number of fused-ring (bicyclic) bond motifs is 1. The molecule has 34 heavy (non-hydrogen) atoms. The Kier molecular flexibility index (Phi) is 8.52. The Morgan fingerprint density at radius 2 is 1.82 bits per heavy atom. The summed E-state index contributed by atoms with van der Waals surface area (Å²) in [5, 5.41) is 13.1. The van der Waals surface area contributed by atoms with E-state index in [9.17, 15) is 19.5 Å². The Morgan fingerprint density at radius 3 is 2.38 bits per heavy atom. The van der Waals surface area contributed by atoms with E-state index in [1.165, 1.54) is 4.90 Å². The number of esters is 1. The lowest BCUT2D eigenvalue weighted by molar-refractivity contribution is -0.156. The topological polar surface area (TPSA) is 95.9 Å². The average Bonchev–Trinajstić information content (AvgIpc) is 3.10. The highest BCUT2D eigenvalue weighted by Gasteiger charge is 2.58. The van der Waals surface area contributed by atoms with Crippen LogP contribution in [0.3, 0.4) is 0 Å². The molecule has 186 valence electrons. The van der Waals surface area contributed by atoms with Crippen LogP contribution in [0.2, 0.25) is 0 Å². The number of likely N-dealkylation sites (tertiary alicyclic amines) is 1. The van der Waals surface area contributed by atoms with Gasteiger partial charge in [-0.2, -0.15) is 0 Å². The highest BCUT2D eigenvalue weighted by atomic mass is 16.5. The lowest BCUT2D eigenvalue weighted by Gasteiger charge is -2.34. The molecule has 0 bridgehead atoms. The number of allylic oxidation sites excluding steroid dienone is 1. The molecule has 2 N–H and O–H groups in total. The summed E-state index contributed by atoms with van der Waals surface area (Å²) in [7, 11) is 0. The van der Waals surface area contributed by atoms with Crippen LogP contribution in [0.4, 0.5) is 5.69 Å². The van der Waals surface area contributed by atoms with Gasteiger partial charge in [-0.1, -0.05) is 50.6 Å². The number of para-hydroxylation sites is 1. The average molecular weight is 471 g/mol. The molecular formula is C27H38N2O5. The summed E-state index contributed by atoms with van der Waals surface area (Å²) in [6.45, 7) is 9.53. The first-order chi connectivity index (χ1) is 16.3. The van der Waals surface area contributed by atoms with Gasteiger partial charge in [-0.05, 0) is 50.7 Å². The molecule has 1 aliphatic carbocycles. The summed E-state index contributed by atoms with van der Waals surface area (Å²) in [6.07, 6.45) is 6.05. The molecule has 0 unspecified atom stereocenters. The second-order valence-electron chi connectivity index (χ2n) is 9.41. The van der Waals surface area contributed by atoms with Gasteiger partial charge in [0, 0.05) is 11.6 Å². The second-order valence-corrected chi connectivity index (χ2v) is 9.41. The first-order valence-electron chi connectivity index (χ1n) is 12.5. The van der Waals surface area contributed by atoms with E-state index >= 15 is 0 Å². The highest BCUT2D eigenvalue weighted by molar-refractivity contribution is 6.02. The zero-order chi connectivity index (χ0) is 25.0. The fraction of sp³-hybridized carbons (Fsp3) is 0.593. The van der Waals surface area contributed by atoms with E-state index < -0.39 is 29.8 Å². The summed E-state index contributed by atoms with van der Waals surface area (Å²) < 4.78 is 5.39. The fourth-order valence-electron chi connectivity index (χ4n) is 5.63. The van der Waals surface area contributed by atoms with Gasteiger partial charge in [-0.15, -0.1) is 0 Å². The van der Waals surface area contributed by atoms with Gasteiger partial charge in [0.25, 0.3) is 0 Å². The van der Waals surface area contributed by atoms with Crippen LogP contribution >= 0.6 is 0 Å². The third kappa shape index (κ3) is 4.76. The maximum Gasteiger partial charge on any atom is 0.310 e. The van der Waals surface area contributed by atoms with Gasteiger partial charge in [-0.3, -0.25) is 14.4 Å². The van der Waals surface area contributed by atoms with Gasteiger partial charge in [0.05, 0.1) is 31.1 Å². The monoisotopic (exact) mass is 470 g/mol. The lowest BCUT2D eigenvalue weighted by atomic mass is 9.69. The molecule has 2 amide bonds. The molecule has 3 rings (SSSR count). The van der Waals surface area contributed by atoms with Crippen LogP contribution in [0.5, 0.6) is 0 Å². The first-order valence-corrected chi connectivity index (χ1v) is 12.5. The fourth-order valence-corrected chi connectivity index (χ4v) is 5.63. The number of amides is 2. The van der Waals surface area contributed by atoms with E-state index in [4.69, 9.17) is 4.74 Å². The van der Waals surface area contributed by atoms with Crippen LogP contribution < -0.4 is 5.32 Å². The molecule has 1 fully saturated rings. The van der Waals surface area contributed by atoms with E-state index in [0.29, 0.717) is 6.42 Å². The van der Waals surface area contributed by atoms with E-state index in [0.717, 1.165) is 29.7 Å². The van der Waals surface area contributed by atoms with Crippen molar-refractivity contribution >= 4 is 23.5 Å². The quantitative estimate of drug-likeness (QED) is 0.425. The summed E-state index contributed by atoms with van der Waals surface area (Å²) >= 11 is 0. The van der Waals surface area contributed by atoms with E-state index in [-0.39, 0.29) is 36.9 Å². The maximum atomic E-state index is 13.9. The van der Waals surface area contributed by atoms with Crippen LogP contribution in [0.25, 0.3) is 0 Å². The number of benzene rings is 1. The largest absolute Gasteiger partial charge is 0.466 e. The number of aliphatic hydroxyl groups excluding tert-OH is 1. The molecule has 1 heterocycles. The number of nitrogens with zero attached hydrogens (tertiary/aromatic N) is 1. The van der Waals surface area contributed by atoms with Gasteiger partial charge < -0.3 is 20.1 Å². The van der Waals surface area contributed by atoms with Gasteiger partial charge in [-0.25, -0.2) is 0 Å². The Morgan fingerprint density at radius 1 is 1.15 bits per heavy atom. The van der Waals surface area contributed by atoms with Crippen LogP contribution in [0.15, 0.2) is 30.4 Å². The molecule has 0 spiro atoms. The minimum Gasteiger partial charge on any atom is -0.466 e. The molecule has 6 atom stereocenters. The van der Waals surface area contributed by atoms with Crippen LogP contribution in [-0.2, 0) is 19.1 Å². The standard InChI is InChI=1S/C27H38N2O5/c1-6-10-18-13-14-20-22(21(18)27(33)34-8-3)26(32)29(19(7-2)15-30)24(20)25(31)28-23-16(4)11-9-12-17(23)5/h9,11-14,18-22,24,30H,6-8,10,15H2,1-5H3,(H,28,31)/t18-,19+,20+,21-,22+,24+/m1/s1. The van der Waals surface area contributed by atoms with Crippen molar-refractivity contribution in [1.29, 1.82) is 0 Å². The Hall–Kier alpha value is -2.67. The van der Waals surface area contributed by atoms with E-state index in [1.807, 2.05) is 58.0 Å². The Balaban J connectivity index is 2.06. The number of rotatable bonds is 9. The molecule has 0 saturated carbocycles. The summed E-state index contributed by atoms with van der Waals surface area (Å²) in [5.41, 5.74) is 2.59. The molecule has 7 heteroatoms. The zero-order valence-corrected chi connectivity index (χ0v) is 20.9. The van der Waals surface area contributed by atoms with Crippen LogP contribution in [0.1, 0.15) is 51.2 Å². The number of anilines is 1. The minimum atomic E-state index is -0.815. The van der Waals surface area contributed by atoms with Crippen molar-refractivity contribution in [2.75, 3.05) is 18.5 Å². The third-order valence-corrected chi connectivity index (χ3v) is 7.30. The maximum absolute atomic E-state index is 13.9. The van der Waals surface area contributed by atoms with Crippen molar-refractivity contribution in [3.8, 4) is 0 Å². The summed E-state index contributed by atoms with van der Waals surface area (Å²) in [4.78, 5) is 42.2.